The second-order valence-electron chi connectivity index (χ2n) is 2.67. The van der Waals surface area contributed by atoms with Crippen molar-refractivity contribution in [2.24, 2.45) is 0 Å². The number of carbonyl (C=O) groups excluding carboxylic acids is 1. The van der Waals surface area contributed by atoms with E-state index < -0.39 is 0 Å². The van der Waals surface area contributed by atoms with Crippen LogP contribution in [0.1, 0.15) is 25.7 Å². The summed E-state index contributed by atoms with van der Waals surface area (Å²) < 4.78 is 0. The largest absolute Gasteiger partial charge is 0.396 e. The molecular formula is C7H13NO2. The molecule has 0 heterocycles. The van der Waals surface area contributed by atoms with Gasteiger partial charge in [0.15, 0.2) is 0 Å². The van der Waals surface area contributed by atoms with E-state index in [4.69, 9.17) is 5.11 Å². The number of carbonyl (C=O) groups is 1. The zero-order valence-corrected chi connectivity index (χ0v) is 5.97. The average Bonchev–Trinajstić information content (AvgIpc) is 1.80. The fourth-order valence-corrected chi connectivity index (χ4v) is 0.954. The van der Waals surface area contributed by atoms with Crippen molar-refractivity contribution in [3.63, 3.8) is 0 Å². The van der Waals surface area contributed by atoms with Crippen molar-refractivity contribution in [1.82, 2.24) is 5.32 Å². The van der Waals surface area contributed by atoms with Crippen LogP contribution in [0, 0.1) is 0 Å². The van der Waals surface area contributed by atoms with Crippen molar-refractivity contribution in [2.45, 2.75) is 31.7 Å². The summed E-state index contributed by atoms with van der Waals surface area (Å²) in [4.78, 5) is 10.8. The van der Waals surface area contributed by atoms with E-state index in [2.05, 4.69) is 5.32 Å². The zero-order valence-electron chi connectivity index (χ0n) is 5.97. The van der Waals surface area contributed by atoms with Gasteiger partial charge in [-0.1, -0.05) is 0 Å². The number of hydrogen-bond donors (Lipinski definition) is 2. The predicted octanol–water partition coefficient (Wildman–Crippen LogP) is 0.0375. The van der Waals surface area contributed by atoms with Crippen molar-refractivity contribution in [3.05, 3.63) is 0 Å². The number of amides is 1. The van der Waals surface area contributed by atoms with Gasteiger partial charge in [0.25, 0.3) is 0 Å². The third-order valence-corrected chi connectivity index (χ3v) is 1.81. The van der Waals surface area contributed by atoms with Crippen molar-refractivity contribution >= 4 is 5.91 Å². The average molecular weight is 143 g/mol. The molecule has 2 N–H and O–H groups in total. The quantitative estimate of drug-likeness (QED) is 0.586. The van der Waals surface area contributed by atoms with Crippen LogP contribution < -0.4 is 5.32 Å². The number of aliphatic hydroxyl groups is 1. The molecule has 0 unspecified atom stereocenters. The molecule has 58 valence electrons. The van der Waals surface area contributed by atoms with Crippen LogP contribution >= 0.6 is 0 Å². The molecule has 3 nitrogen and oxygen atoms in total. The van der Waals surface area contributed by atoms with Crippen molar-refractivity contribution in [3.8, 4) is 0 Å². The van der Waals surface area contributed by atoms with Crippen LogP contribution in [-0.4, -0.2) is 23.7 Å². The molecule has 1 saturated carbocycles. The van der Waals surface area contributed by atoms with Crippen molar-refractivity contribution in [2.75, 3.05) is 6.61 Å². The highest BCUT2D eigenvalue weighted by Gasteiger charge is 2.18. The first-order valence-electron chi connectivity index (χ1n) is 3.73. The van der Waals surface area contributed by atoms with Crippen molar-refractivity contribution in [1.29, 1.82) is 0 Å². The van der Waals surface area contributed by atoms with Gasteiger partial charge in [-0.2, -0.15) is 0 Å². The molecule has 0 aromatic heterocycles. The number of hydrogen-bond acceptors (Lipinski definition) is 2. The van der Waals surface area contributed by atoms with Crippen LogP contribution in [0.2, 0.25) is 0 Å². The summed E-state index contributed by atoms with van der Waals surface area (Å²) in [5, 5.41) is 11.2. The molecule has 0 bridgehead atoms. The van der Waals surface area contributed by atoms with Gasteiger partial charge in [0.1, 0.15) is 0 Å². The number of rotatable bonds is 3. The fraction of sp³-hybridized carbons (Fsp3) is 0.857. The minimum Gasteiger partial charge on any atom is -0.396 e. The van der Waals surface area contributed by atoms with E-state index in [0.717, 1.165) is 12.8 Å². The Hall–Kier alpha value is -0.570. The molecule has 0 radical (unpaired) electrons. The summed E-state index contributed by atoms with van der Waals surface area (Å²) in [6, 6.07) is 0.402. The molecule has 1 fully saturated rings. The molecule has 1 rings (SSSR count). The summed E-state index contributed by atoms with van der Waals surface area (Å²) in [7, 11) is 0. The Bertz CT molecular complexity index is 121. The minimum absolute atomic E-state index is 0.0211. The molecule has 0 aromatic rings. The molecule has 0 saturated heterocycles. The van der Waals surface area contributed by atoms with E-state index in [1.165, 1.54) is 6.42 Å². The lowest BCUT2D eigenvalue weighted by Gasteiger charge is -2.26. The Kier molecular flexibility index (Phi) is 2.68. The molecule has 0 aromatic carbocycles. The first-order valence-corrected chi connectivity index (χ1v) is 3.73. The van der Waals surface area contributed by atoms with Gasteiger partial charge in [-0.3, -0.25) is 4.79 Å². The van der Waals surface area contributed by atoms with Crippen LogP contribution in [0.5, 0.6) is 0 Å². The number of aliphatic hydroxyl groups excluding tert-OH is 1. The lowest BCUT2D eigenvalue weighted by molar-refractivity contribution is -0.122. The van der Waals surface area contributed by atoms with Crippen LogP contribution in [0.3, 0.4) is 0 Å². The minimum atomic E-state index is -0.0431. The summed E-state index contributed by atoms with van der Waals surface area (Å²) in [5.74, 6) is -0.0211. The normalized spacial score (nSPS) is 18.1. The van der Waals surface area contributed by atoms with Crippen LogP contribution in [0.25, 0.3) is 0 Å². The molecule has 0 atom stereocenters. The monoisotopic (exact) mass is 143 g/mol. The zero-order chi connectivity index (χ0) is 7.40. The van der Waals surface area contributed by atoms with E-state index in [9.17, 15) is 4.79 Å². The number of nitrogens with one attached hydrogen (secondary N) is 1. The SMILES string of the molecule is O=C(CCO)NC1CCC1. The summed E-state index contributed by atoms with van der Waals surface area (Å²) in [6.45, 7) is -0.0431. The lowest BCUT2D eigenvalue weighted by Crippen LogP contribution is -2.39. The highest BCUT2D eigenvalue weighted by Crippen LogP contribution is 2.17. The molecule has 10 heavy (non-hydrogen) atoms. The summed E-state index contributed by atoms with van der Waals surface area (Å²) in [6.07, 6.45) is 3.69. The molecule has 1 aliphatic carbocycles. The second-order valence-corrected chi connectivity index (χ2v) is 2.67. The maximum atomic E-state index is 10.8. The predicted molar refractivity (Wildman–Crippen MR) is 37.5 cm³/mol. The van der Waals surface area contributed by atoms with E-state index in [1.807, 2.05) is 0 Å². The van der Waals surface area contributed by atoms with Gasteiger partial charge in [0, 0.05) is 12.5 Å². The van der Waals surface area contributed by atoms with E-state index in [0.29, 0.717) is 6.04 Å². The van der Waals surface area contributed by atoms with Crippen LogP contribution in [0.15, 0.2) is 0 Å². The van der Waals surface area contributed by atoms with Crippen LogP contribution in [-0.2, 0) is 4.79 Å². The Labute approximate surface area is 60.4 Å². The van der Waals surface area contributed by atoms with Gasteiger partial charge in [-0.25, -0.2) is 0 Å². The van der Waals surface area contributed by atoms with Gasteiger partial charge in [0.05, 0.1) is 6.61 Å². The highest BCUT2D eigenvalue weighted by molar-refractivity contribution is 5.76. The third kappa shape index (κ3) is 1.99. The standard InChI is InChI=1S/C7H13NO2/c9-5-4-7(10)8-6-2-1-3-6/h6,9H,1-5H2,(H,8,10). The molecular weight excluding hydrogens is 130 g/mol. The highest BCUT2D eigenvalue weighted by atomic mass is 16.3. The molecule has 1 amide bonds. The van der Waals surface area contributed by atoms with Gasteiger partial charge >= 0.3 is 0 Å². The third-order valence-electron chi connectivity index (χ3n) is 1.81. The topological polar surface area (TPSA) is 49.3 Å². The van der Waals surface area contributed by atoms with E-state index >= 15 is 0 Å². The Morgan fingerprint density at radius 1 is 1.60 bits per heavy atom. The Morgan fingerprint density at radius 3 is 2.70 bits per heavy atom. The van der Waals surface area contributed by atoms with Gasteiger partial charge in [0.2, 0.25) is 5.91 Å². The maximum Gasteiger partial charge on any atom is 0.222 e. The van der Waals surface area contributed by atoms with Gasteiger partial charge in [-0.05, 0) is 19.3 Å². The Balaban J connectivity index is 2.05. The summed E-state index contributed by atoms with van der Waals surface area (Å²) in [5.41, 5.74) is 0. The Morgan fingerprint density at radius 2 is 2.30 bits per heavy atom. The van der Waals surface area contributed by atoms with Crippen LogP contribution in [0.4, 0.5) is 0 Å². The molecule has 0 spiro atoms. The van der Waals surface area contributed by atoms with Gasteiger partial charge < -0.3 is 10.4 Å². The molecule has 3 heteroatoms. The molecule has 0 aliphatic heterocycles. The lowest BCUT2D eigenvalue weighted by atomic mass is 9.93. The first-order chi connectivity index (χ1) is 4.83. The van der Waals surface area contributed by atoms with Gasteiger partial charge in [-0.15, -0.1) is 0 Å². The smallest absolute Gasteiger partial charge is 0.222 e. The van der Waals surface area contributed by atoms with E-state index in [1.54, 1.807) is 0 Å². The molecule has 1 aliphatic rings. The van der Waals surface area contributed by atoms with E-state index in [-0.39, 0.29) is 18.9 Å². The summed E-state index contributed by atoms with van der Waals surface area (Å²) >= 11 is 0. The second kappa shape index (κ2) is 3.56. The first kappa shape index (κ1) is 7.54. The fourth-order valence-electron chi connectivity index (χ4n) is 0.954. The maximum absolute atomic E-state index is 10.8. The van der Waals surface area contributed by atoms with Crippen molar-refractivity contribution < 1.29 is 9.90 Å².